The van der Waals surface area contributed by atoms with Gasteiger partial charge in [0, 0.05) is 17.6 Å². The van der Waals surface area contributed by atoms with Crippen LogP contribution in [0.3, 0.4) is 0 Å². The highest BCUT2D eigenvalue weighted by atomic mass is 16.5. The van der Waals surface area contributed by atoms with Crippen LogP contribution in [0, 0.1) is 6.92 Å². The highest BCUT2D eigenvalue weighted by Gasteiger charge is 2.07. The molecule has 1 heterocycles. The highest BCUT2D eigenvalue weighted by molar-refractivity contribution is 5.87. The predicted octanol–water partition coefficient (Wildman–Crippen LogP) is 2.40. The number of aryl methyl sites for hydroxylation is 1. The molecule has 0 radical (unpaired) electrons. The first-order valence-corrected chi connectivity index (χ1v) is 5.48. The summed E-state index contributed by atoms with van der Waals surface area (Å²) in [4.78, 5) is 4.52. The van der Waals surface area contributed by atoms with Crippen molar-refractivity contribution in [3.05, 3.63) is 35.5 Å². The molecule has 2 aromatic rings. The Labute approximate surface area is 95.2 Å². The predicted molar refractivity (Wildman–Crippen MR) is 65.5 cm³/mol. The van der Waals surface area contributed by atoms with Crippen molar-refractivity contribution in [3.8, 4) is 5.75 Å². The number of fused-ring (bicyclic) bond motifs is 1. The van der Waals surface area contributed by atoms with E-state index in [-0.39, 0.29) is 0 Å². The number of benzene rings is 1. The quantitative estimate of drug-likeness (QED) is 0.857. The molecule has 0 aliphatic carbocycles. The van der Waals surface area contributed by atoms with Crippen molar-refractivity contribution in [2.45, 2.75) is 20.4 Å². The molecule has 1 aromatic heterocycles. The van der Waals surface area contributed by atoms with E-state index in [1.807, 2.05) is 38.1 Å². The molecule has 0 aliphatic heterocycles. The van der Waals surface area contributed by atoms with E-state index >= 15 is 0 Å². The fourth-order valence-corrected chi connectivity index (χ4v) is 1.88. The molecule has 0 bridgehead atoms. The summed E-state index contributed by atoms with van der Waals surface area (Å²) >= 11 is 0. The van der Waals surface area contributed by atoms with Crippen LogP contribution >= 0.6 is 0 Å². The zero-order chi connectivity index (χ0) is 11.5. The molecule has 0 amide bonds. The summed E-state index contributed by atoms with van der Waals surface area (Å²) in [6, 6.07) is 7.98. The molecule has 0 saturated heterocycles. The molecule has 0 fully saturated rings. The molecule has 1 aromatic carbocycles. The minimum absolute atomic E-state index is 0.523. The average molecular weight is 216 g/mol. The van der Waals surface area contributed by atoms with Gasteiger partial charge in [-0.2, -0.15) is 0 Å². The summed E-state index contributed by atoms with van der Waals surface area (Å²) in [5, 5.41) is 1.08. The molecule has 3 heteroatoms. The molecular formula is C13H16N2O. The Hall–Kier alpha value is -1.61. The van der Waals surface area contributed by atoms with Crippen LogP contribution in [0.4, 0.5) is 0 Å². The second kappa shape index (κ2) is 4.49. The van der Waals surface area contributed by atoms with Gasteiger partial charge in [-0.1, -0.05) is 12.1 Å². The largest absolute Gasteiger partial charge is 0.492 e. The summed E-state index contributed by atoms with van der Waals surface area (Å²) in [7, 11) is 0. The number of hydrogen-bond donors (Lipinski definition) is 1. The summed E-state index contributed by atoms with van der Waals surface area (Å²) in [6.07, 6.45) is 0. The Morgan fingerprint density at radius 1 is 1.38 bits per heavy atom. The minimum Gasteiger partial charge on any atom is -0.492 e. The van der Waals surface area contributed by atoms with Crippen molar-refractivity contribution < 1.29 is 4.74 Å². The lowest BCUT2D eigenvalue weighted by atomic mass is 10.1. The number of ether oxygens (including phenoxy) is 1. The van der Waals surface area contributed by atoms with Gasteiger partial charge in [-0.25, -0.2) is 4.98 Å². The van der Waals surface area contributed by atoms with Crippen molar-refractivity contribution in [3.63, 3.8) is 0 Å². The number of hydrogen-bond acceptors (Lipinski definition) is 3. The summed E-state index contributed by atoms with van der Waals surface area (Å²) < 4.78 is 5.57. The topological polar surface area (TPSA) is 48.1 Å². The molecule has 0 aliphatic rings. The Kier molecular flexibility index (Phi) is 3.06. The van der Waals surface area contributed by atoms with E-state index in [1.165, 1.54) is 0 Å². The number of nitrogens with two attached hydrogens (primary N) is 1. The van der Waals surface area contributed by atoms with Crippen molar-refractivity contribution in [1.82, 2.24) is 4.98 Å². The van der Waals surface area contributed by atoms with Gasteiger partial charge in [-0.3, -0.25) is 0 Å². The number of rotatable bonds is 3. The molecule has 2 N–H and O–H groups in total. The number of aromatic nitrogens is 1. The van der Waals surface area contributed by atoms with Gasteiger partial charge in [-0.15, -0.1) is 0 Å². The smallest absolute Gasteiger partial charge is 0.145 e. The Bertz CT molecular complexity index is 509. The van der Waals surface area contributed by atoms with Crippen molar-refractivity contribution >= 4 is 10.9 Å². The lowest BCUT2D eigenvalue weighted by molar-refractivity contribution is 0.343. The highest BCUT2D eigenvalue weighted by Crippen LogP contribution is 2.26. The Morgan fingerprint density at radius 2 is 2.19 bits per heavy atom. The van der Waals surface area contributed by atoms with Gasteiger partial charge in [0.2, 0.25) is 0 Å². The van der Waals surface area contributed by atoms with Gasteiger partial charge < -0.3 is 10.5 Å². The van der Waals surface area contributed by atoms with E-state index < -0.39 is 0 Å². The minimum atomic E-state index is 0.523. The second-order valence-electron chi connectivity index (χ2n) is 3.71. The maximum atomic E-state index is 5.74. The third-order valence-corrected chi connectivity index (χ3v) is 2.54. The normalized spacial score (nSPS) is 10.7. The first kappa shape index (κ1) is 10.9. The monoisotopic (exact) mass is 216 g/mol. The van der Waals surface area contributed by atoms with Gasteiger partial charge in [-0.05, 0) is 31.5 Å². The number of pyridine rings is 1. The van der Waals surface area contributed by atoms with E-state index in [9.17, 15) is 0 Å². The van der Waals surface area contributed by atoms with Gasteiger partial charge in [0.25, 0.3) is 0 Å². The van der Waals surface area contributed by atoms with Crippen molar-refractivity contribution in [2.75, 3.05) is 6.61 Å². The van der Waals surface area contributed by atoms with Crippen molar-refractivity contribution in [2.24, 2.45) is 5.73 Å². The molecule has 16 heavy (non-hydrogen) atoms. The van der Waals surface area contributed by atoms with Crippen LogP contribution < -0.4 is 10.5 Å². The molecule has 0 unspecified atom stereocenters. The maximum Gasteiger partial charge on any atom is 0.145 e. The SMILES string of the molecule is CCOc1cccc2c(CN)cc(C)nc12. The first-order valence-electron chi connectivity index (χ1n) is 5.48. The molecule has 84 valence electrons. The van der Waals surface area contributed by atoms with Crippen molar-refractivity contribution in [1.29, 1.82) is 0 Å². The summed E-state index contributed by atoms with van der Waals surface area (Å²) in [5.74, 6) is 0.832. The Morgan fingerprint density at radius 3 is 2.88 bits per heavy atom. The molecular weight excluding hydrogens is 200 g/mol. The molecule has 0 atom stereocenters. The Balaban J connectivity index is 2.71. The van der Waals surface area contributed by atoms with Gasteiger partial charge in [0.1, 0.15) is 11.3 Å². The third kappa shape index (κ3) is 1.86. The molecule has 0 saturated carbocycles. The van der Waals surface area contributed by atoms with Crippen LogP contribution in [0.1, 0.15) is 18.2 Å². The molecule has 0 spiro atoms. The van der Waals surface area contributed by atoms with Gasteiger partial charge in [0.05, 0.1) is 6.61 Å². The van der Waals surface area contributed by atoms with Gasteiger partial charge >= 0.3 is 0 Å². The van der Waals surface area contributed by atoms with Crippen LogP contribution in [-0.4, -0.2) is 11.6 Å². The average Bonchev–Trinajstić information content (AvgIpc) is 2.29. The zero-order valence-electron chi connectivity index (χ0n) is 9.66. The van der Waals surface area contributed by atoms with E-state index in [2.05, 4.69) is 4.98 Å². The lowest BCUT2D eigenvalue weighted by Crippen LogP contribution is -2.01. The van der Waals surface area contributed by atoms with Crippen LogP contribution in [0.5, 0.6) is 5.75 Å². The maximum absolute atomic E-state index is 5.74. The van der Waals surface area contributed by atoms with Crippen LogP contribution in [0.2, 0.25) is 0 Å². The standard InChI is InChI=1S/C13H16N2O/c1-3-16-12-6-4-5-11-10(8-14)7-9(2)15-13(11)12/h4-7H,3,8,14H2,1-2H3. The summed E-state index contributed by atoms with van der Waals surface area (Å²) in [6.45, 7) is 5.11. The zero-order valence-corrected chi connectivity index (χ0v) is 9.66. The van der Waals surface area contributed by atoms with E-state index in [0.717, 1.165) is 27.9 Å². The third-order valence-electron chi connectivity index (χ3n) is 2.54. The molecule has 2 rings (SSSR count). The van der Waals surface area contributed by atoms with E-state index in [0.29, 0.717) is 13.2 Å². The van der Waals surface area contributed by atoms with Crippen LogP contribution in [-0.2, 0) is 6.54 Å². The fraction of sp³-hybridized carbons (Fsp3) is 0.308. The van der Waals surface area contributed by atoms with Crippen LogP contribution in [0.15, 0.2) is 24.3 Å². The molecule has 3 nitrogen and oxygen atoms in total. The summed E-state index contributed by atoms with van der Waals surface area (Å²) in [5.41, 5.74) is 8.73. The first-order chi connectivity index (χ1) is 7.76. The number of nitrogens with zero attached hydrogens (tertiary/aromatic N) is 1. The number of para-hydroxylation sites is 1. The second-order valence-corrected chi connectivity index (χ2v) is 3.71. The fourth-order valence-electron chi connectivity index (χ4n) is 1.88. The van der Waals surface area contributed by atoms with E-state index in [1.54, 1.807) is 0 Å². The van der Waals surface area contributed by atoms with E-state index in [4.69, 9.17) is 10.5 Å². The van der Waals surface area contributed by atoms with Crippen LogP contribution in [0.25, 0.3) is 10.9 Å². The van der Waals surface area contributed by atoms with Gasteiger partial charge in [0.15, 0.2) is 0 Å². The lowest BCUT2D eigenvalue weighted by Gasteiger charge is -2.10.